The Bertz CT molecular complexity index is 432. The Balaban J connectivity index is 2.08. The first-order valence-electron chi connectivity index (χ1n) is 8.20. The number of ether oxygens (including phenoxy) is 2. The van der Waals surface area contributed by atoms with Gasteiger partial charge in [-0.25, -0.2) is 0 Å². The minimum Gasteiger partial charge on any atom is -0.494 e. The third kappa shape index (κ3) is 8.67. The number of anilines is 1. The summed E-state index contributed by atoms with van der Waals surface area (Å²) in [5.74, 6) is 1.06. The molecule has 0 aliphatic carbocycles. The van der Waals surface area contributed by atoms with E-state index in [9.17, 15) is 4.79 Å². The Morgan fingerprint density at radius 3 is 2.68 bits per heavy atom. The number of carbonyl (C=O) groups excluding carboxylic acids is 1. The molecule has 0 saturated carbocycles. The molecule has 0 spiro atoms. The molecular formula is C18H29NO3. The highest BCUT2D eigenvalue weighted by Gasteiger charge is 2.00. The van der Waals surface area contributed by atoms with Gasteiger partial charge in [-0.1, -0.05) is 13.0 Å². The molecule has 0 amide bonds. The summed E-state index contributed by atoms with van der Waals surface area (Å²) >= 11 is 0. The van der Waals surface area contributed by atoms with Gasteiger partial charge in [-0.15, -0.1) is 0 Å². The van der Waals surface area contributed by atoms with Gasteiger partial charge in [0.15, 0.2) is 5.78 Å². The number of unbranched alkanes of at least 4 members (excludes halogenated alkanes) is 2. The fourth-order valence-electron chi connectivity index (χ4n) is 1.97. The van der Waals surface area contributed by atoms with Gasteiger partial charge in [-0.3, -0.25) is 4.79 Å². The van der Waals surface area contributed by atoms with E-state index < -0.39 is 0 Å². The maximum atomic E-state index is 11.0. The van der Waals surface area contributed by atoms with E-state index in [1.165, 1.54) is 0 Å². The maximum Gasteiger partial charge on any atom is 0.158 e. The van der Waals surface area contributed by atoms with E-state index in [2.05, 4.69) is 19.2 Å². The van der Waals surface area contributed by atoms with Gasteiger partial charge in [0.2, 0.25) is 0 Å². The normalized spacial score (nSPS) is 10.7. The summed E-state index contributed by atoms with van der Waals surface area (Å²) in [5, 5.41) is 3.36. The molecule has 0 atom stereocenters. The van der Waals surface area contributed by atoms with Crippen molar-refractivity contribution in [2.24, 2.45) is 0 Å². The lowest BCUT2D eigenvalue weighted by Crippen LogP contribution is -2.09. The van der Waals surface area contributed by atoms with Gasteiger partial charge in [-0.05, 0) is 45.2 Å². The topological polar surface area (TPSA) is 47.6 Å². The zero-order valence-corrected chi connectivity index (χ0v) is 14.1. The summed E-state index contributed by atoms with van der Waals surface area (Å²) in [5.41, 5.74) is 1.08. The molecule has 1 aromatic rings. The van der Waals surface area contributed by atoms with Crippen molar-refractivity contribution < 1.29 is 14.3 Å². The monoisotopic (exact) mass is 307 g/mol. The van der Waals surface area contributed by atoms with Crippen LogP contribution in [0.25, 0.3) is 0 Å². The van der Waals surface area contributed by atoms with Gasteiger partial charge >= 0.3 is 0 Å². The summed E-state index contributed by atoms with van der Waals surface area (Å²) in [6.07, 6.45) is 3.56. The van der Waals surface area contributed by atoms with Crippen LogP contribution in [0, 0.1) is 0 Å². The molecule has 0 unspecified atom stereocenters. The second-order valence-electron chi connectivity index (χ2n) is 5.68. The molecular weight excluding hydrogens is 278 g/mol. The van der Waals surface area contributed by atoms with Gasteiger partial charge < -0.3 is 14.8 Å². The van der Waals surface area contributed by atoms with Gasteiger partial charge in [0.05, 0.1) is 6.61 Å². The van der Waals surface area contributed by atoms with Crippen molar-refractivity contribution in [1.82, 2.24) is 0 Å². The van der Waals surface area contributed by atoms with Crippen molar-refractivity contribution in [1.29, 1.82) is 0 Å². The summed E-state index contributed by atoms with van der Waals surface area (Å²) in [6.45, 7) is 7.70. The van der Waals surface area contributed by atoms with E-state index in [0.717, 1.165) is 30.7 Å². The Hall–Kier alpha value is -1.55. The van der Waals surface area contributed by atoms with Crippen LogP contribution < -0.4 is 10.1 Å². The summed E-state index contributed by atoms with van der Waals surface area (Å²) in [7, 11) is 0. The highest BCUT2D eigenvalue weighted by molar-refractivity contribution is 5.79. The molecule has 124 valence electrons. The lowest BCUT2D eigenvalue weighted by molar-refractivity contribution is -0.123. The third-order valence-corrected chi connectivity index (χ3v) is 3.15. The second kappa shape index (κ2) is 11.1. The number of hydrogen-bond acceptors (Lipinski definition) is 4. The summed E-state index contributed by atoms with van der Waals surface area (Å²) in [4.78, 5) is 11.0. The maximum absolute atomic E-state index is 11.0. The minimum atomic E-state index is 0.165. The molecule has 0 saturated heterocycles. The number of benzene rings is 1. The van der Waals surface area contributed by atoms with E-state index in [1.807, 2.05) is 31.2 Å². The first-order valence-corrected chi connectivity index (χ1v) is 8.20. The molecule has 0 aromatic heterocycles. The number of Topliss-reactive ketones (excluding diaryl/α,β-unsaturated/α-hetero) is 1. The van der Waals surface area contributed by atoms with Gasteiger partial charge in [0.25, 0.3) is 0 Å². The van der Waals surface area contributed by atoms with Crippen molar-refractivity contribution in [3.8, 4) is 5.75 Å². The van der Waals surface area contributed by atoms with Crippen LogP contribution in [0.5, 0.6) is 5.75 Å². The Morgan fingerprint density at radius 2 is 1.95 bits per heavy atom. The quantitative estimate of drug-likeness (QED) is 0.592. The molecule has 0 radical (unpaired) electrons. The van der Waals surface area contributed by atoms with Crippen LogP contribution in [0.2, 0.25) is 0 Å². The van der Waals surface area contributed by atoms with Crippen LogP contribution in [-0.2, 0) is 9.53 Å². The van der Waals surface area contributed by atoms with E-state index in [1.54, 1.807) is 0 Å². The average molecular weight is 307 g/mol. The molecule has 0 heterocycles. The highest BCUT2D eigenvalue weighted by atomic mass is 16.5. The molecule has 0 aliphatic rings. The zero-order chi connectivity index (χ0) is 16.2. The number of carbonyl (C=O) groups is 1. The lowest BCUT2D eigenvalue weighted by atomic mass is 10.2. The number of hydrogen-bond donors (Lipinski definition) is 1. The predicted octanol–water partition coefficient (Wildman–Crippen LogP) is 4.05. The van der Waals surface area contributed by atoms with E-state index in [0.29, 0.717) is 25.7 Å². The molecule has 0 bridgehead atoms. The predicted molar refractivity (Wildman–Crippen MR) is 90.7 cm³/mol. The smallest absolute Gasteiger partial charge is 0.158 e. The molecule has 1 aromatic carbocycles. The number of ketones is 1. The van der Waals surface area contributed by atoms with Crippen LogP contribution >= 0.6 is 0 Å². The van der Waals surface area contributed by atoms with Crippen LogP contribution in [-0.4, -0.2) is 31.6 Å². The standard InChI is InChI=1S/C18H29NO3/c1-4-17(20)14-21-11-6-5-7-12-22-18-10-8-9-16(13-18)19-15(2)3/h8-10,13,15,19H,4-7,11-12,14H2,1-3H3. The SMILES string of the molecule is CCC(=O)COCCCCCOc1cccc(NC(C)C)c1. The van der Waals surface area contributed by atoms with Crippen molar-refractivity contribution in [3.05, 3.63) is 24.3 Å². The fourth-order valence-corrected chi connectivity index (χ4v) is 1.97. The van der Waals surface area contributed by atoms with Gasteiger partial charge in [0, 0.05) is 30.8 Å². The Labute approximate surface area is 134 Å². The lowest BCUT2D eigenvalue weighted by Gasteiger charge is -2.12. The molecule has 1 rings (SSSR count). The molecule has 4 heteroatoms. The van der Waals surface area contributed by atoms with E-state index in [4.69, 9.17) is 9.47 Å². The van der Waals surface area contributed by atoms with Gasteiger partial charge in [0.1, 0.15) is 12.4 Å². The first-order chi connectivity index (χ1) is 10.6. The molecule has 0 fully saturated rings. The number of rotatable bonds is 12. The van der Waals surface area contributed by atoms with E-state index >= 15 is 0 Å². The zero-order valence-electron chi connectivity index (χ0n) is 14.1. The second-order valence-corrected chi connectivity index (χ2v) is 5.68. The molecule has 0 aliphatic heterocycles. The van der Waals surface area contributed by atoms with Crippen molar-refractivity contribution in [2.75, 3.05) is 25.1 Å². The largest absolute Gasteiger partial charge is 0.494 e. The van der Waals surface area contributed by atoms with Gasteiger partial charge in [-0.2, -0.15) is 0 Å². The van der Waals surface area contributed by atoms with Crippen LogP contribution in [0.3, 0.4) is 0 Å². The Morgan fingerprint density at radius 1 is 1.18 bits per heavy atom. The van der Waals surface area contributed by atoms with E-state index in [-0.39, 0.29) is 12.4 Å². The summed E-state index contributed by atoms with van der Waals surface area (Å²) < 4.78 is 11.1. The van der Waals surface area contributed by atoms with Crippen LogP contribution in [0.4, 0.5) is 5.69 Å². The first kappa shape index (κ1) is 18.5. The molecule has 22 heavy (non-hydrogen) atoms. The highest BCUT2D eigenvalue weighted by Crippen LogP contribution is 2.18. The summed E-state index contributed by atoms with van der Waals surface area (Å²) in [6, 6.07) is 8.46. The minimum absolute atomic E-state index is 0.165. The number of nitrogens with one attached hydrogen (secondary N) is 1. The van der Waals surface area contributed by atoms with Crippen molar-refractivity contribution >= 4 is 11.5 Å². The fraction of sp³-hybridized carbons (Fsp3) is 0.611. The van der Waals surface area contributed by atoms with Crippen molar-refractivity contribution in [3.63, 3.8) is 0 Å². The van der Waals surface area contributed by atoms with Crippen molar-refractivity contribution in [2.45, 2.75) is 52.5 Å². The third-order valence-electron chi connectivity index (χ3n) is 3.15. The van der Waals surface area contributed by atoms with Crippen LogP contribution in [0.1, 0.15) is 46.5 Å². The Kier molecular flexibility index (Phi) is 9.31. The average Bonchev–Trinajstić information content (AvgIpc) is 2.49. The molecule has 4 nitrogen and oxygen atoms in total. The van der Waals surface area contributed by atoms with Crippen LogP contribution in [0.15, 0.2) is 24.3 Å². The molecule has 1 N–H and O–H groups in total.